The Labute approximate surface area is 392 Å². The lowest BCUT2D eigenvalue weighted by Crippen LogP contribution is -2.28. The maximum Gasteiger partial charge on any atom is 0.0713 e. The van der Waals surface area contributed by atoms with Crippen molar-refractivity contribution < 1.29 is 0 Å². The van der Waals surface area contributed by atoms with Gasteiger partial charge in [0.25, 0.3) is 0 Å². The highest BCUT2D eigenvalue weighted by molar-refractivity contribution is 6.15. The topological polar surface area (TPSA) is 3.24 Å². The van der Waals surface area contributed by atoms with Crippen molar-refractivity contribution in [1.29, 1.82) is 0 Å². The molecule has 0 aliphatic heterocycles. The second-order valence-electron chi connectivity index (χ2n) is 18.8. The van der Waals surface area contributed by atoms with E-state index >= 15 is 0 Å². The lowest BCUT2D eigenvalue weighted by atomic mass is 9.67. The standard InChI is InChI=1S/C66H47N/c1-65(2)60-30-16-13-27-54(60)56-40-38-50(43-62(56)65)67(64-32-18-15-29-58(64)59-41-46-19-9-10-24-51(46)52-25-11-12-26-53(52)59)49-36-33-44(34-37-49)45-35-39-57-55-28-14-17-31-61(55)66(63(57)42-45,47-20-5-3-6-21-47)48-22-7-4-8-23-48/h3-43H,1-2H3. The molecule has 2 aliphatic carbocycles. The van der Waals surface area contributed by atoms with Gasteiger partial charge in [0.05, 0.1) is 11.1 Å². The molecule has 67 heavy (non-hydrogen) atoms. The van der Waals surface area contributed by atoms with Gasteiger partial charge in [-0.15, -0.1) is 0 Å². The average Bonchev–Trinajstić information content (AvgIpc) is 3.82. The molecule has 1 nitrogen and oxygen atoms in total. The lowest BCUT2D eigenvalue weighted by Gasteiger charge is -2.34. The van der Waals surface area contributed by atoms with Crippen molar-refractivity contribution in [3.05, 3.63) is 282 Å². The summed E-state index contributed by atoms with van der Waals surface area (Å²) in [6.07, 6.45) is 0. The van der Waals surface area contributed by atoms with Crippen LogP contribution in [-0.4, -0.2) is 0 Å². The van der Waals surface area contributed by atoms with E-state index in [-0.39, 0.29) is 5.41 Å². The predicted octanol–water partition coefficient (Wildman–Crippen LogP) is 17.5. The molecule has 0 heterocycles. The van der Waals surface area contributed by atoms with Crippen molar-refractivity contribution in [1.82, 2.24) is 0 Å². The number of para-hydroxylation sites is 1. The van der Waals surface area contributed by atoms with Crippen LogP contribution < -0.4 is 4.90 Å². The number of nitrogens with zero attached hydrogens (tertiary/aromatic N) is 1. The molecule has 11 aromatic rings. The van der Waals surface area contributed by atoms with Gasteiger partial charge in [0, 0.05) is 22.4 Å². The molecule has 316 valence electrons. The van der Waals surface area contributed by atoms with Crippen LogP contribution >= 0.6 is 0 Å². The molecule has 0 radical (unpaired) electrons. The lowest BCUT2D eigenvalue weighted by molar-refractivity contribution is 0.660. The zero-order valence-electron chi connectivity index (χ0n) is 37.6. The van der Waals surface area contributed by atoms with E-state index in [0.717, 1.165) is 17.1 Å². The highest BCUT2D eigenvalue weighted by Crippen LogP contribution is 2.57. The van der Waals surface area contributed by atoms with Crippen LogP contribution in [0.15, 0.2) is 249 Å². The normalized spacial score (nSPS) is 13.8. The molecule has 0 fully saturated rings. The van der Waals surface area contributed by atoms with Crippen LogP contribution in [0.3, 0.4) is 0 Å². The van der Waals surface area contributed by atoms with Gasteiger partial charge >= 0.3 is 0 Å². The molecule has 0 saturated heterocycles. The van der Waals surface area contributed by atoms with E-state index in [0.29, 0.717) is 0 Å². The summed E-state index contributed by atoms with van der Waals surface area (Å²) in [5.74, 6) is 0. The molecule has 2 aliphatic rings. The molecule has 0 unspecified atom stereocenters. The fourth-order valence-corrected chi connectivity index (χ4v) is 11.9. The maximum absolute atomic E-state index is 2.48. The van der Waals surface area contributed by atoms with Crippen LogP contribution in [0.25, 0.3) is 66.1 Å². The molecule has 0 aromatic heterocycles. The Kier molecular flexibility index (Phi) is 8.85. The third-order valence-electron chi connectivity index (χ3n) is 14.9. The Morgan fingerprint density at radius 3 is 1.54 bits per heavy atom. The van der Waals surface area contributed by atoms with Gasteiger partial charge in [-0.1, -0.05) is 220 Å². The van der Waals surface area contributed by atoms with E-state index in [1.54, 1.807) is 0 Å². The van der Waals surface area contributed by atoms with Gasteiger partial charge in [0.1, 0.15) is 0 Å². The molecular weight excluding hydrogens is 807 g/mol. The van der Waals surface area contributed by atoms with Crippen molar-refractivity contribution in [2.45, 2.75) is 24.7 Å². The number of anilines is 3. The van der Waals surface area contributed by atoms with E-state index < -0.39 is 5.41 Å². The predicted molar refractivity (Wildman–Crippen MR) is 282 cm³/mol. The zero-order valence-corrected chi connectivity index (χ0v) is 37.6. The summed E-state index contributed by atoms with van der Waals surface area (Å²) in [6, 6.07) is 92.6. The van der Waals surface area contributed by atoms with Crippen molar-refractivity contribution in [3.8, 4) is 44.5 Å². The van der Waals surface area contributed by atoms with Gasteiger partial charge in [-0.05, 0) is 136 Å². The van der Waals surface area contributed by atoms with Gasteiger partial charge in [-0.25, -0.2) is 0 Å². The summed E-state index contributed by atoms with van der Waals surface area (Å²) in [5, 5.41) is 5.02. The van der Waals surface area contributed by atoms with Crippen molar-refractivity contribution in [2.24, 2.45) is 0 Å². The molecular formula is C66H47N. The Balaban J connectivity index is 0.991. The average molecular weight is 854 g/mol. The number of hydrogen-bond acceptors (Lipinski definition) is 1. The summed E-state index contributed by atoms with van der Waals surface area (Å²) >= 11 is 0. The van der Waals surface area contributed by atoms with Gasteiger partial charge in [0.2, 0.25) is 0 Å². The minimum atomic E-state index is -0.459. The Morgan fingerprint density at radius 2 is 0.806 bits per heavy atom. The van der Waals surface area contributed by atoms with Crippen molar-refractivity contribution in [2.75, 3.05) is 4.90 Å². The molecule has 1 heteroatoms. The largest absolute Gasteiger partial charge is 0.310 e. The molecule has 0 spiro atoms. The van der Waals surface area contributed by atoms with E-state index in [1.165, 1.54) is 99.4 Å². The second kappa shape index (κ2) is 15.2. The second-order valence-corrected chi connectivity index (χ2v) is 18.8. The first-order valence-electron chi connectivity index (χ1n) is 23.5. The molecule has 11 aromatic carbocycles. The van der Waals surface area contributed by atoms with Gasteiger partial charge in [0.15, 0.2) is 0 Å². The van der Waals surface area contributed by atoms with E-state index in [4.69, 9.17) is 0 Å². The Morgan fingerprint density at radius 1 is 0.299 bits per heavy atom. The fourth-order valence-electron chi connectivity index (χ4n) is 11.9. The zero-order chi connectivity index (χ0) is 44.7. The Bertz CT molecular complexity index is 3670. The molecule has 0 bridgehead atoms. The third-order valence-corrected chi connectivity index (χ3v) is 14.9. The van der Waals surface area contributed by atoms with E-state index in [1.807, 2.05) is 0 Å². The first-order valence-corrected chi connectivity index (χ1v) is 23.5. The molecule has 0 N–H and O–H groups in total. The monoisotopic (exact) mass is 853 g/mol. The van der Waals surface area contributed by atoms with Crippen LogP contribution in [0.1, 0.15) is 47.2 Å². The van der Waals surface area contributed by atoms with Gasteiger partial charge < -0.3 is 4.90 Å². The summed E-state index contributed by atoms with van der Waals surface area (Å²) in [7, 11) is 0. The van der Waals surface area contributed by atoms with Crippen LogP contribution in [-0.2, 0) is 10.8 Å². The summed E-state index contributed by atoms with van der Waals surface area (Å²) in [4.78, 5) is 2.48. The van der Waals surface area contributed by atoms with Crippen LogP contribution in [0.4, 0.5) is 17.1 Å². The smallest absolute Gasteiger partial charge is 0.0713 e. The number of rotatable bonds is 7. The SMILES string of the molecule is CC1(C)c2ccccc2-c2ccc(N(c3ccc(-c4ccc5c(c4)C(c4ccccc4)(c4ccccc4)c4ccccc4-5)cc3)c3ccccc3-c3cc4ccccc4c4ccccc34)cc21. The highest BCUT2D eigenvalue weighted by atomic mass is 15.1. The van der Waals surface area contributed by atoms with Crippen LogP contribution in [0.2, 0.25) is 0 Å². The maximum atomic E-state index is 2.48. The van der Waals surface area contributed by atoms with E-state index in [2.05, 4.69) is 267 Å². The number of benzene rings is 11. The minimum Gasteiger partial charge on any atom is -0.310 e. The van der Waals surface area contributed by atoms with E-state index in [9.17, 15) is 0 Å². The first kappa shape index (κ1) is 39.1. The minimum absolute atomic E-state index is 0.145. The van der Waals surface area contributed by atoms with Crippen LogP contribution in [0.5, 0.6) is 0 Å². The summed E-state index contributed by atoms with van der Waals surface area (Å²) in [5.41, 5.74) is 20.7. The first-order chi connectivity index (χ1) is 33.0. The molecule has 0 saturated carbocycles. The van der Waals surface area contributed by atoms with Crippen molar-refractivity contribution >= 4 is 38.6 Å². The van der Waals surface area contributed by atoms with Gasteiger partial charge in [-0.3, -0.25) is 0 Å². The molecule has 13 rings (SSSR count). The quantitative estimate of drug-likeness (QED) is 0.144. The number of hydrogen-bond donors (Lipinski definition) is 0. The summed E-state index contributed by atoms with van der Waals surface area (Å²) < 4.78 is 0. The highest BCUT2D eigenvalue weighted by Gasteiger charge is 2.46. The molecule has 0 amide bonds. The number of fused-ring (bicyclic) bond motifs is 9. The van der Waals surface area contributed by atoms with Gasteiger partial charge in [-0.2, -0.15) is 0 Å². The summed E-state index contributed by atoms with van der Waals surface area (Å²) in [6.45, 7) is 4.74. The van der Waals surface area contributed by atoms with Crippen molar-refractivity contribution in [3.63, 3.8) is 0 Å². The molecule has 0 atom stereocenters. The Hall–Kier alpha value is -8.26. The third kappa shape index (κ3) is 5.88. The fraction of sp³-hybridized carbons (Fsp3) is 0.0606. The van der Waals surface area contributed by atoms with Crippen LogP contribution in [0, 0.1) is 0 Å².